The first-order valence-electron chi connectivity index (χ1n) is 9.36. The van der Waals surface area contributed by atoms with Crippen molar-refractivity contribution in [2.24, 2.45) is 12.0 Å². The molecule has 0 saturated heterocycles. The fourth-order valence-electron chi connectivity index (χ4n) is 2.40. The van der Waals surface area contributed by atoms with Gasteiger partial charge < -0.3 is 16.0 Å². The standard InChI is InChI=1S/C19H29N7O.HI/c1-4-6-11-21-18(27)16-9-7-15(8-10-16)12-22-19(20-5-2)23-13-17-24-14-25-26(17)3;/h7-10,14H,4-6,11-13H2,1-3H3,(H,21,27)(H2,20,22,23);1H. The lowest BCUT2D eigenvalue weighted by Crippen LogP contribution is -2.37. The van der Waals surface area contributed by atoms with Gasteiger partial charge in [-0.2, -0.15) is 5.10 Å². The number of benzene rings is 1. The predicted octanol–water partition coefficient (Wildman–Crippen LogP) is 2.22. The molecule has 0 aliphatic carbocycles. The Morgan fingerprint density at radius 2 is 1.89 bits per heavy atom. The van der Waals surface area contributed by atoms with Crippen molar-refractivity contribution in [3.63, 3.8) is 0 Å². The molecule has 0 aliphatic heterocycles. The second kappa shape index (κ2) is 13.1. The fourth-order valence-corrected chi connectivity index (χ4v) is 2.40. The van der Waals surface area contributed by atoms with E-state index < -0.39 is 0 Å². The van der Waals surface area contributed by atoms with Crippen LogP contribution in [0.4, 0.5) is 0 Å². The molecule has 0 fully saturated rings. The second-order valence-corrected chi connectivity index (χ2v) is 6.15. The number of guanidine groups is 1. The second-order valence-electron chi connectivity index (χ2n) is 6.15. The highest BCUT2D eigenvalue weighted by Gasteiger charge is 2.05. The van der Waals surface area contributed by atoms with E-state index in [9.17, 15) is 4.79 Å². The SMILES string of the molecule is CCCCNC(=O)c1ccc(CN=C(NCC)NCc2ncnn2C)cc1.I. The van der Waals surface area contributed by atoms with Gasteiger partial charge in [0.25, 0.3) is 5.91 Å². The highest BCUT2D eigenvalue weighted by molar-refractivity contribution is 14.0. The lowest BCUT2D eigenvalue weighted by molar-refractivity contribution is 0.0953. The largest absolute Gasteiger partial charge is 0.357 e. The van der Waals surface area contributed by atoms with Gasteiger partial charge in [-0.05, 0) is 31.0 Å². The average Bonchev–Trinajstić information content (AvgIpc) is 3.09. The van der Waals surface area contributed by atoms with Crippen LogP contribution in [0.3, 0.4) is 0 Å². The molecule has 1 aromatic carbocycles. The lowest BCUT2D eigenvalue weighted by Gasteiger charge is -2.11. The number of aryl methyl sites for hydroxylation is 1. The van der Waals surface area contributed by atoms with Gasteiger partial charge in [0, 0.05) is 25.7 Å². The summed E-state index contributed by atoms with van der Waals surface area (Å²) in [7, 11) is 1.86. The Bertz CT molecular complexity index is 743. The Morgan fingerprint density at radius 3 is 2.50 bits per heavy atom. The Balaban J connectivity index is 0.00000392. The number of rotatable bonds is 9. The van der Waals surface area contributed by atoms with Gasteiger partial charge in [0.05, 0.1) is 13.1 Å². The summed E-state index contributed by atoms with van der Waals surface area (Å²) in [5, 5.41) is 13.4. The van der Waals surface area contributed by atoms with Gasteiger partial charge in [0.15, 0.2) is 5.96 Å². The first-order valence-corrected chi connectivity index (χ1v) is 9.36. The Labute approximate surface area is 183 Å². The van der Waals surface area contributed by atoms with Crippen LogP contribution in [0.25, 0.3) is 0 Å². The monoisotopic (exact) mass is 499 g/mol. The maximum atomic E-state index is 12.0. The quantitative estimate of drug-likeness (QED) is 0.213. The first-order chi connectivity index (χ1) is 13.1. The van der Waals surface area contributed by atoms with Crippen LogP contribution in [0.2, 0.25) is 0 Å². The number of hydrogen-bond acceptors (Lipinski definition) is 4. The zero-order chi connectivity index (χ0) is 19.5. The molecule has 9 heteroatoms. The van der Waals surface area contributed by atoms with Crippen LogP contribution in [-0.2, 0) is 20.1 Å². The number of amides is 1. The van der Waals surface area contributed by atoms with E-state index in [0.717, 1.165) is 30.8 Å². The maximum absolute atomic E-state index is 12.0. The summed E-state index contributed by atoms with van der Waals surface area (Å²) in [4.78, 5) is 20.8. The summed E-state index contributed by atoms with van der Waals surface area (Å²) >= 11 is 0. The van der Waals surface area contributed by atoms with Gasteiger partial charge in [0.1, 0.15) is 12.2 Å². The zero-order valence-electron chi connectivity index (χ0n) is 16.7. The van der Waals surface area contributed by atoms with Crippen molar-refractivity contribution in [3.8, 4) is 0 Å². The number of aliphatic imine (C=N–C) groups is 1. The van der Waals surface area contributed by atoms with Gasteiger partial charge in [-0.15, -0.1) is 24.0 Å². The summed E-state index contributed by atoms with van der Waals surface area (Å²) in [6.07, 6.45) is 3.59. The molecule has 3 N–H and O–H groups in total. The lowest BCUT2D eigenvalue weighted by atomic mass is 10.1. The molecule has 0 unspecified atom stereocenters. The molecule has 1 amide bonds. The molecule has 0 aliphatic rings. The van der Waals surface area contributed by atoms with Crippen LogP contribution >= 0.6 is 24.0 Å². The normalized spacial score (nSPS) is 10.9. The van der Waals surface area contributed by atoms with Gasteiger partial charge >= 0.3 is 0 Å². The van der Waals surface area contributed by atoms with Crippen molar-refractivity contribution in [1.29, 1.82) is 0 Å². The van der Waals surface area contributed by atoms with Crippen LogP contribution in [0.5, 0.6) is 0 Å². The number of hydrogen-bond donors (Lipinski definition) is 3. The highest BCUT2D eigenvalue weighted by atomic mass is 127. The summed E-state index contributed by atoms with van der Waals surface area (Å²) in [5.74, 6) is 1.51. The van der Waals surface area contributed by atoms with Crippen molar-refractivity contribution in [2.45, 2.75) is 39.8 Å². The molecular formula is C19H30IN7O. The van der Waals surface area contributed by atoms with E-state index in [1.54, 1.807) is 4.68 Å². The number of halogens is 1. The minimum absolute atomic E-state index is 0. The number of carbonyl (C=O) groups is 1. The van der Waals surface area contributed by atoms with Gasteiger partial charge in [0.2, 0.25) is 0 Å². The topological polar surface area (TPSA) is 96.2 Å². The molecule has 2 aromatic rings. The van der Waals surface area contributed by atoms with E-state index in [0.29, 0.717) is 31.2 Å². The van der Waals surface area contributed by atoms with E-state index in [4.69, 9.17) is 0 Å². The van der Waals surface area contributed by atoms with Gasteiger partial charge in [-0.3, -0.25) is 9.48 Å². The molecule has 0 atom stereocenters. The molecule has 1 aromatic heterocycles. The van der Waals surface area contributed by atoms with Crippen molar-refractivity contribution >= 4 is 35.8 Å². The van der Waals surface area contributed by atoms with E-state index in [1.165, 1.54) is 6.33 Å². The van der Waals surface area contributed by atoms with Crippen LogP contribution in [0.1, 0.15) is 48.4 Å². The van der Waals surface area contributed by atoms with Crippen molar-refractivity contribution in [1.82, 2.24) is 30.7 Å². The van der Waals surface area contributed by atoms with Crippen molar-refractivity contribution in [3.05, 3.63) is 47.5 Å². The van der Waals surface area contributed by atoms with Crippen molar-refractivity contribution < 1.29 is 4.79 Å². The Morgan fingerprint density at radius 1 is 1.14 bits per heavy atom. The molecule has 28 heavy (non-hydrogen) atoms. The van der Waals surface area contributed by atoms with Crippen LogP contribution in [0, 0.1) is 0 Å². The summed E-state index contributed by atoms with van der Waals surface area (Å²) in [5.41, 5.74) is 1.71. The van der Waals surface area contributed by atoms with E-state index in [2.05, 4.69) is 37.9 Å². The Hall–Kier alpha value is -2.17. The molecule has 154 valence electrons. The fraction of sp³-hybridized carbons (Fsp3) is 0.474. The van der Waals surface area contributed by atoms with Gasteiger partial charge in [-0.25, -0.2) is 9.98 Å². The Kier molecular flexibility index (Phi) is 11.2. The number of unbranched alkanes of at least 4 members (excludes halogenated alkanes) is 1. The average molecular weight is 499 g/mol. The van der Waals surface area contributed by atoms with E-state index in [1.807, 2.05) is 38.2 Å². The zero-order valence-corrected chi connectivity index (χ0v) is 19.1. The molecule has 2 rings (SSSR count). The van der Waals surface area contributed by atoms with Crippen LogP contribution < -0.4 is 16.0 Å². The number of nitrogens with one attached hydrogen (secondary N) is 3. The number of aromatic nitrogens is 3. The van der Waals surface area contributed by atoms with E-state index in [-0.39, 0.29) is 29.9 Å². The predicted molar refractivity (Wildman–Crippen MR) is 122 cm³/mol. The summed E-state index contributed by atoms with van der Waals surface area (Å²) in [6, 6.07) is 7.55. The molecule has 0 saturated carbocycles. The summed E-state index contributed by atoms with van der Waals surface area (Å²) in [6.45, 7) is 6.66. The number of carbonyl (C=O) groups excluding carboxylic acids is 1. The third-order valence-electron chi connectivity index (χ3n) is 4.02. The molecule has 0 radical (unpaired) electrons. The molecule has 0 spiro atoms. The molecule has 8 nitrogen and oxygen atoms in total. The van der Waals surface area contributed by atoms with Crippen molar-refractivity contribution in [2.75, 3.05) is 13.1 Å². The molecule has 1 heterocycles. The minimum Gasteiger partial charge on any atom is -0.357 e. The van der Waals surface area contributed by atoms with E-state index >= 15 is 0 Å². The summed E-state index contributed by atoms with van der Waals surface area (Å²) < 4.78 is 1.72. The molecular weight excluding hydrogens is 469 g/mol. The minimum atomic E-state index is -0.0304. The smallest absolute Gasteiger partial charge is 0.251 e. The van der Waals surface area contributed by atoms with Crippen LogP contribution in [-0.4, -0.2) is 39.7 Å². The third-order valence-corrected chi connectivity index (χ3v) is 4.02. The van der Waals surface area contributed by atoms with Crippen LogP contribution in [0.15, 0.2) is 35.6 Å². The first kappa shape index (κ1) is 23.9. The molecule has 0 bridgehead atoms. The third kappa shape index (κ3) is 7.83. The number of nitrogens with zero attached hydrogens (tertiary/aromatic N) is 4. The van der Waals surface area contributed by atoms with Gasteiger partial charge in [-0.1, -0.05) is 25.5 Å². The highest BCUT2D eigenvalue weighted by Crippen LogP contribution is 2.06. The maximum Gasteiger partial charge on any atom is 0.251 e.